The minimum atomic E-state index is -0.205. The first-order valence-corrected chi connectivity index (χ1v) is 7.69. The molecular formula is C16H21N4O2+. The van der Waals surface area contributed by atoms with Gasteiger partial charge in [0.1, 0.15) is 0 Å². The Bertz CT molecular complexity index is 631. The van der Waals surface area contributed by atoms with Gasteiger partial charge in [-0.1, -0.05) is 18.2 Å². The monoisotopic (exact) mass is 301 g/mol. The number of amides is 1. The maximum absolute atomic E-state index is 12.1. The number of benzene rings is 1. The molecule has 1 amide bonds. The Morgan fingerprint density at radius 3 is 2.64 bits per heavy atom. The number of hydrogen-bond acceptors (Lipinski definition) is 4. The Labute approximate surface area is 129 Å². The van der Waals surface area contributed by atoms with Crippen molar-refractivity contribution in [3.63, 3.8) is 0 Å². The predicted octanol–water partition coefficient (Wildman–Crippen LogP) is 2.11. The number of anilines is 1. The van der Waals surface area contributed by atoms with E-state index in [1.807, 2.05) is 18.2 Å². The van der Waals surface area contributed by atoms with Crippen molar-refractivity contribution in [2.45, 2.75) is 45.2 Å². The van der Waals surface area contributed by atoms with Gasteiger partial charge in [-0.15, -0.1) is 5.01 Å². The van der Waals surface area contributed by atoms with Crippen LogP contribution in [0.2, 0.25) is 0 Å². The van der Waals surface area contributed by atoms with Crippen molar-refractivity contribution in [3.8, 4) is 0 Å². The second kappa shape index (κ2) is 6.17. The van der Waals surface area contributed by atoms with E-state index in [0.717, 1.165) is 12.8 Å². The van der Waals surface area contributed by atoms with E-state index < -0.39 is 0 Å². The van der Waals surface area contributed by atoms with Crippen molar-refractivity contribution in [1.82, 2.24) is 5.27 Å². The third kappa shape index (κ3) is 2.95. The van der Waals surface area contributed by atoms with Gasteiger partial charge < -0.3 is 0 Å². The summed E-state index contributed by atoms with van der Waals surface area (Å²) in [4.78, 5) is 13.8. The number of carbonyl (C=O) groups excluding carboxylic acids is 1. The average Bonchev–Trinajstić information content (AvgIpc) is 2.96. The Kier molecular flexibility index (Phi) is 4.09. The highest BCUT2D eigenvalue weighted by atomic mass is 16.5. The number of aromatic nitrogens is 2. The van der Waals surface area contributed by atoms with Gasteiger partial charge in [0.2, 0.25) is 5.27 Å². The highest BCUT2D eigenvalue weighted by Crippen LogP contribution is 2.18. The summed E-state index contributed by atoms with van der Waals surface area (Å²) >= 11 is 0. The van der Waals surface area contributed by atoms with Crippen molar-refractivity contribution in [2.75, 3.05) is 10.3 Å². The average molecular weight is 301 g/mol. The maximum atomic E-state index is 12.1. The lowest BCUT2D eigenvalue weighted by Gasteiger charge is -2.31. The van der Waals surface area contributed by atoms with Crippen LogP contribution in [-0.2, 0) is 0 Å². The highest BCUT2D eigenvalue weighted by Gasteiger charge is 2.34. The zero-order valence-electron chi connectivity index (χ0n) is 12.9. The SMILES string of the molecule is C[C@@H]1CCC[C@H](C)N1[n+]1cc(NC(=O)c2ccccc2)on1. The van der Waals surface area contributed by atoms with Gasteiger partial charge in [-0.2, -0.15) is 0 Å². The fourth-order valence-electron chi connectivity index (χ4n) is 2.99. The molecule has 2 atom stereocenters. The first-order valence-electron chi connectivity index (χ1n) is 7.69. The number of rotatable bonds is 3. The lowest BCUT2D eigenvalue weighted by atomic mass is 10.00. The van der Waals surface area contributed by atoms with E-state index >= 15 is 0 Å². The second-order valence-electron chi connectivity index (χ2n) is 5.82. The molecule has 0 aliphatic carbocycles. The van der Waals surface area contributed by atoms with Crippen LogP contribution in [0.4, 0.5) is 5.88 Å². The van der Waals surface area contributed by atoms with Crippen LogP contribution in [0, 0.1) is 0 Å². The van der Waals surface area contributed by atoms with E-state index in [1.54, 1.807) is 23.1 Å². The molecule has 0 saturated carbocycles. The smallest absolute Gasteiger partial charge is 0.285 e. The molecule has 0 radical (unpaired) electrons. The largest absolute Gasteiger partial charge is 0.306 e. The van der Waals surface area contributed by atoms with E-state index in [4.69, 9.17) is 4.52 Å². The summed E-state index contributed by atoms with van der Waals surface area (Å²) in [5.74, 6) is 0.141. The van der Waals surface area contributed by atoms with Crippen LogP contribution in [0.3, 0.4) is 0 Å². The summed E-state index contributed by atoms with van der Waals surface area (Å²) in [5, 5.41) is 8.96. The number of hydrogen-bond donors (Lipinski definition) is 1. The van der Waals surface area contributed by atoms with Crippen LogP contribution < -0.4 is 15.1 Å². The molecule has 3 rings (SSSR count). The van der Waals surface area contributed by atoms with Crippen LogP contribution in [0.1, 0.15) is 43.5 Å². The predicted molar refractivity (Wildman–Crippen MR) is 82.1 cm³/mol. The number of carbonyl (C=O) groups is 1. The molecule has 116 valence electrons. The van der Waals surface area contributed by atoms with Gasteiger partial charge in [0, 0.05) is 5.56 Å². The molecule has 0 bridgehead atoms. The maximum Gasteiger partial charge on any atom is 0.306 e. The van der Waals surface area contributed by atoms with Crippen LogP contribution in [0.5, 0.6) is 0 Å². The highest BCUT2D eigenvalue weighted by molar-refractivity contribution is 6.03. The van der Waals surface area contributed by atoms with Crippen LogP contribution in [0.15, 0.2) is 41.1 Å². The molecular weight excluding hydrogens is 280 g/mol. The molecule has 1 aromatic carbocycles. The third-order valence-corrected chi connectivity index (χ3v) is 4.11. The Hall–Kier alpha value is -2.37. The van der Waals surface area contributed by atoms with Crippen molar-refractivity contribution < 1.29 is 14.1 Å². The second-order valence-corrected chi connectivity index (χ2v) is 5.82. The van der Waals surface area contributed by atoms with E-state index in [1.165, 1.54) is 6.42 Å². The Morgan fingerprint density at radius 1 is 1.27 bits per heavy atom. The van der Waals surface area contributed by atoms with Crippen molar-refractivity contribution in [2.24, 2.45) is 0 Å². The third-order valence-electron chi connectivity index (χ3n) is 4.11. The van der Waals surface area contributed by atoms with E-state index in [9.17, 15) is 4.79 Å². The summed E-state index contributed by atoms with van der Waals surface area (Å²) in [7, 11) is 0. The molecule has 22 heavy (non-hydrogen) atoms. The number of piperidine rings is 1. The summed E-state index contributed by atoms with van der Waals surface area (Å²) in [6.07, 6.45) is 5.22. The Balaban J connectivity index is 1.72. The molecule has 1 saturated heterocycles. The molecule has 2 heterocycles. The first kappa shape index (κ1) is 14.6. The lowest BCUT2D eigenvalue weighted by molar-refractivity contribution is -0.765. The summed E-state index contributed by atoms with van der Waals surface area (Å²) in [5.41, 5.74) is 0.588. The van der Waals surface area contributed by atoms with Gasteiger partial charge in [0.05, 0.1) is 16.9 Å². The molecule has 1 fully saturated rings. The van der Waals surface area contributed by atoms with E-state index in [0.29, 0.717) is 23.5 Å². The van der Waals surface area contributed by atoms with Crippen molar-refractivity contribution in [3.05, 3.63) is 42.1 Å². The van der Waals surface area contributed by atoms with Crippen LogP contribution in [0.25, 0.3) is 0 Å². The lowest BCUT2D eigenvalue weighted by Crippen LogP contribution is -2.67. The van der Waals surface area contributed by atoms with Gasteiger partial charge in [0.15, 0.2) is 0 Å². The standard InChI is InChI=1S/C16H20N4O2/c1-12-7-6-8-13(2)20(12)19-11-15(22-18-19)17-16(21)14-9-4-3-5-10-14/h3-5,9-13H,6-8H2,1-2H3/p+1/t12-,13+. The van der Waals surface area contributed by atoms with E-state index in [-0.39, 0.29) is 5.91 Å². The summed E-state index contributed by atoms with van der Waals surface area (Å²) in [6.45, 7) is 4.36. The van der Waals surface area contributed by atoms with E-state index in [2.05, 4.69) is 29.4 Å². The zero-order chi connectivity index (χ0) is 15.5. The van der Waals surface area contributed by atoms with Gasteiger partial charge in [-0.05, 0) is 45.2 Å². The summed E-state index contributed by atoms with van der Waals surface area (Å²) in [6, 6.07) is 9.84. The van der Waals surface area contributed by atoms with Crippen LogP contribution in [-0.4, -0.2) is 23.3 Å². The van der Waals surface area contributed by atoms with Crippen molar-refractivity contribution in [1.29, 1.82) is 0 Å². The minimum absolute atomic E-state index is 0.205. The Morgan fingerprint density at radius 2 is 1.95 bits per heavy atom. The van der Waals surface area contributed by atoms with Crippen molar-refractivity contribution >= 4 is 11.8 Å². The number of nitrogens with zero attached hydrogens (tertiary/aromatic N) is 3. The fraction of sp³-hybridized carbons (Fsp3) is 0.438. The fourth-order valence-corrected chi connectivity index (χ4v) is 2.99. The topological polar surface area (TPSA) is 62.2 Å². The normalized spacial score (nSPS) is 21.6. The van der Waals surface area contributed by atoms with Gasteiger partial charge in [-0.3, -0.25) is 14.6 Å². The summed E-state index contributed by atoms with van der Waals surface area (Å²) < 4.78 is 5.25. The minimum Gasteiger partial charge on any atom is -0.285 e. The van der Waals surface area contributed by atoms with Crippen LogP contribution >= 0.6 is 0 Å². The molecule has 1 N–H and O–H groups in total. The zero-order valence-corrected chi connectivity index (χ0v) is 12.9. The molecule has 6 heteroatoms. The number of nitrogens with one attached hydrogen (secondary N) is 1. The molecule has 1 aromatic heterocycles. The molecule has 2 aromatic rings. The molecule has 0 spiro atoms. The van der Waals surface area contributed by atoms with Gasteiger partial charge in [-0.25, -0.2) is 0 Å². The molecule has 1 aliphatic rings. The molecule has 1 aliphatic heterocycles. The van der Waals surface area contributed by atoms with Gasteiger partial charge in [0.25, 0.3) is 12.1 Å². The molecule has 0 unspecified atom stereocenters. The quantitative estimate of drug-likeness (QED) is 0.882. The first-order chi connectivity index (χ1) is 10.6. The molecule has 6 nitrogen and oxygen atoms in total. The van der Waals surface area contributed by atoms with Gasteiger partial charge >= 0.3 is 5.88 Å².